The van der Waals surface area contributed by atoms with Crippen molar-refractivity contribution < 1.29 is 0 Å². The van der Waals surface area contributed by atoms with Gasteiger partial charge in [-0.3, -0.25) is 0 Å². The van der Waals surface area contributed by atoms with E-state index in [1.54, 1.807) is 0 Å². The van der Waals surface area contributed by atoms with Gasteiger partial charge in [0.05, 0.1) is 6.07 Å². The Morgan fingerprint density at radius 1 is 1.75 bits per heavy atom. The van der Waals surface area contributed by atoms with Gasteiger partial charge in [0.15, 0.2) is 0 Å². The van der Waals surface area contributed by atoms with Crippen LogP contribution in [-0.2, 0) is 0 Å². The second kappa shape index (κ2) is 3.26. The monoisotopic (exact) mass is 109 g/mol. The van der Waals surface area contributed by atoms with E-state index in [1.165, 1.54) is 0 Å². The molecule has 0 unspecified atom stereocenters. The van der Waals surface area contributed by atoms with E-state index in [1.807, 2.05) is 6.07 Å². The zero-order valence-electron chi connectivity index (χ0n) is 5.44. The molecular weight excluding hydrogens is 98.1 g/mol. The summed E-state index contributed by atoms with van der Waals surface area (Å²) < 4.78 is 0. The van der Waals surface area contributed by atoms with Crippen LogP contribution in [0.5, 0.6) is 0 Å². The summed E-state index contributed by atoms with van der Waals surface area (Å²) in [5.41, 5.74) is 0.681. The molecule has 0 amide bonds. The van der Waals surface area contributed by atoms with Crippen molar-refractivity contribution in [3.05, 3.63) is 12.2 Å². The van der Waals surface area contributed by atoms with E-state index < -0.39 is 0 Å². The maximum atomic E-state index is 8.23. The van der Waals surface area contributed by atoms with Crippen molar-refractivity contribution in [1.29, 1.82) is 5.26 Å². The summed E-state index contributed by atoms with van der Waals surface area (Å²) in [5.74, 6) is 0.558. The molecule has 1 nitrogen and oxygen atoms in total. The summed E-state index contributed by atoms with van der Waals surface area (Å²) >= 11 is 0. The van der Waals surface area contributed by atoms with Crippen LogP contribution in [0.4, 0.5) is 0 Å². The maximum Gasteiger partial charge on any atom is 0.0940 e. The van der Waals surface area contributed by atoms with E-state index in [0.29, 0.717) is 11.5 Å². The summed E-state index contributed by atoms with van der Waals surface area (Å²) in [6.45, 7) is 7.70. The largest absolute Gasteiger partial charge is 0.193 e. The molecular formula is C7H11N. The molecule has 0 aliphatic rings. The lowest BCUT2D eigenvalue weighted by molar-refractivity contribution is 0.652. The fraction of sp³-hybridized carbons (Fsp3) is 0.571. The molecule has 0 aromatic carbocycles. The smallest absolute Gasteiger partial charge is 0.0940 e. The van der Waals surface area contributed by atoms with E-state index in [4.69, 9.17) is 5.26 Å². The Hall–Kier alpha value is -0.770. The van der Waals surface area contributed by atoms with E-state index in [-0.39, 0.29) is 0 Å². The minimum Gasteiger partial charge on any atom is -0.193 e. The molecule has 0 aliphatic carbocycles. The summed E-state index contributed by atoms with van der Waals surface area (Å²) in [6, 6.07) is 2.00. The summed E-state index contributed by atoms with van der Waals surface area (Å²) in [7, 11) is 0. The SMILES string of the molecule is C=C(C#N)CC(C)C. The first-order valence-electron chi connectivity index (χ1n) is 2.74. The predicted octanol–water partition coefficient (Wildman–Crippen LogP) is 2.11. The first-order valence-corrected chi connectivity index (χ1v) is 2.74. The molecule has 0 fully saturated rings. The first kappa shape index (κ1) is 7.23. The highest BCUT2D eigenvalue weighted by molar-refractivity contribution is 5.15. The zero-order chi connectivity index (χ0) is 6.57. The van der Waals surface area contributed by atoms with Gasteiger partial charge in [-0.2, -0.15) is 5.26 Å². The van der Waals surface area contributed by atoms with Crippen LogP contribution in [-0.4, -0.2) is 0 Å². The van der Waals surface area contributed by atoms with Gasteiger partial charge in [0.2, 0.25) is 0 Å². The lowest BCUT2D eigenvalue weighted by Gasteiger charge is -1.97. The van der Waals surface area contributed by atoms with Crippen molar-refractivity contribution in [2.75, 3.05) is 0 Å². The van der Waals surface area contributed by atoms with Gasteiger partial charge in [-0.15, -0.1) is 0 Å². The van der Waals surface area contributed by atoms with Crippen LogP contribution in [0.2, 0.25) is 0 Å². The molecule has 0 atom stereocenters. The molecule has 0 aromatic heterocycles. The van der Waals surface area contributed by atoms with Gasteiger partial charge in [-0.1, -0.05) is 20.4 Å². The fourth-order valence-corrected chi connectivity index (χ4v) is 0.538. The normalized spacial score (nSPS) is 8.75. The Morgan fingerprint density at radius 2 is 2.25 bits per heavy atom. The molecule has 0 bridgehead atoms. The average molecular weight is 109 g/mol. The number of hydrogen-bond donors (Lipinski definition) is 0. The van der Waals surface area contributed by atoms with Crippen LogP contribution < -0.4 is 0 Å². The molecule has 8 heavy (non-hydrogen) atoms. The van der Waals surface area contributed by atoms with Gasteiger partial charge in [0.1, 0.15) is 0 Å². The molecule has 0 saturated carbocycles. The van der Waals surface area contributed by atoms with E-state index in [0.717, 1.165) is 6.42 Å². The second-order valence-electron chi connectivity index (χ2n) is 2.31. The summed E-state index contributed by atoms with van der Waals surface area (Å²) in [5, 5.41) is 8.23. The number of rotatable bonds is 2. The van der Waals surface area contributed by atoms with Crippen LogP contribution in [0.25, 0.3) is 0 Å². The fourth-order valence-electron chi connectivity index (χ4n) is 0.538. The van der Waals surface area contributed by atoms with Gasteiger partial charge in [0, 0.05) is 5.57 Å². The standard InChI is InChI=1S/C7H11N/c1-6(2)4-7(3)5-8/h6H,3-4H2,1-2H3. The molecule has 0 rings (SSSR count). The maximum absolute atomic E-state index is 8.23. The molecule has 0 saturated heterocycles. The molecule has 0 radical (unpaired) electrons. The van der Waals surface area contributed by atoms with E-state index in [9.17, 15) is 0 Å². The van der Waals surface area contributed by atoms with Crippen LogP contribution in [0, 0.1) is 17.2 Å². The lowest BCUT2D eigenvalue weighted by atomic mass is 10.1. The Labute approximate surface area is 50.6 Å². The Balaban J connectivity index is 3.44. The van der Waals surface area contributed by atoms with Gasteiger partial charge >= 0.3 is 0 Å². The van der Waals surface area contributed by atoms with Gasteiger partial charge < -0.3 is 0 Å². The summed E-state index contributed by atoms with van der Waals surface area (Å²) in [4.78, 5) is 0. The third-order valence-corrected chi connectivity index (χ3v) is 0.813. The van der Waals surface area contributed by atoms with E-state index in [2.05, 4.69) is 20.4 Å². The number of allylic oxidation sites excluding steroid dienone is 1. The van der Waals surface area contributed by atoms with Crippen molar-refractivity contribution in [1.82, 2.24) is 0 Å². The van der Waals surface area contributed by atoms with Crippen LogP contribution in [0.3, 0.4) is 0 Å². The second-order valence-corrected chi connectivity index (χ2v) is 2.31. The number of nitrogens with zero attached hydrogens (tertiary/aromatic N) is 1. The quantitative estimate of drug-likeness (QED) is 0.498. The highest BCUT2D eigenvalue weighted by atomic mass is 14.2. The van der Waals surface area contributed by atoms with Crippen molar-refractivity contribution in [2.24, 2.45) is 5.92 Å². The Morgan fingerprint density at radius 3 is 2.38 bits per heavy atom. The molecule has 0 heterocycles. The number of nitriles is 1. The topological polar surface area (TPSA) is 23.8 Å². The molecule has 44 valence electrons. The lowest BCUT2D eigenvalue weighted by Crippen LogP contribution is -1.86. The Bertz CT molecular complexity index is 117. The molecule has 0 N–H and O–H groups in total. The van der Waals surface area contributed by atoms with Gasteiger partial charge in [-0.25, -0.2) is 0 Å². The highest BCUT2D eigenvalue weighted by Gasteiger charge is 1.94. The molecule has 1 heteroatoms. The van der Waals surface area contributed by atoms with Crippen molar-refractivity contribution >= 4 is 0 Å². The third kappa shape index (κ3) is 3.42. The van der Waals surface area contributed by atoms with Crippen molar-refractivity contribution in [2.45, 2.75) is 20.3 Å². The highest BCUT2D eigenvalue weighted by Crippen LogP contribution is 2.05. The van der Waals surface area contributed by atoms with Crippen molar-refractivity contribution in [3.63, 3.8) is 0 Å². The first-order chi connectivity index (χ1) is 3.66. The average Bonchev–Trinajstić information content (AvgIpc) is 1.65. The van der Waals surface area contributed by atoms with Crippen LogP contribution in [0.15, 0.2) is 12.2 Å². The minimum absolute atomic E-state index is 0.558. The third-order valence-electron chi connectivity index (χ3n) is 0.813. The van der Waals surface area contributed by atoms with Gasteiger partial charge in [-0.05, 0) is 12.3 Å². The zero-order valence-corrected chi connectivity index (χ0v) is 5.44. The summed E-state index contributed by atoms with van der Waals surface area (Å²) in [6.07, 6.45) is 0.830. The predicted molar refractivity (Wildman–Crippen MR) is 34.2 cm³/mol. The van der Waals surface area contributed by atoms with Crippen molar-refractivity contribution in [3.8, 4) is 6.07 Å². The molecule has 0 spiro atoms. The van der Waals surface area contributed by atoms with Gasteiger partial charge in [0.25, 0.3) is 0 Å². The number of hydrogen-bond acceptors (Lipinski definition) is 1. The van der Waals surface area contributed by atoms with E-state index >= 15 is 0 Å². The molecule has 0 aliphatic heterocycles. The van der Waals surface area contributed by atoms with Crippen LogP contribution in [0.1, 0.15) is 20.3 Å². The molecule has 0 aromatic rings. The Kier molecular flexibility index (Phi) is 2.95. The minimum atomic E-state index is 0.558. The van der Waals surface area contributed by atoms with Crippen LogP contribution >= 0.6 is 0 Å².